The zero-order chi connectivity index (χ0) is 13.9. The second-order valence-electron chi connectivity index (χ2n) is 5.78. The normalized spacial score (nSPS) is 23.4. The zero-order valence-electron chi connectivity index (χ0n) is 11.9. The van der Waals surface area contributed by atoms with E-state index in [1.165, 1.54) is 30.2 Å². The highest BCUT2D eigenvalue weighted by atomic mass is 35.5. The molecule has 2 nitrogen and oxygen atoms in total. The lowest BCUT2D eigenvalue weighted by molar-refractivity contribution is 0.189. The maximum absolute atomic E-state index is 6.50. The molecular formula is C17H21ClN2. The van der Waals surface area contributed by atoms with Crippen LogP contribution in [0.3, 0.4) is 0 Å². The topological polar surface area (TPSA) is 16.1 Å². The van der Waals surface area contributed by atoms with Gasteiger partial charge < -0.3 is 0 Å². The fourth-order valence-electron chi connectivity index (χ4n) is 3.24. The number of alkyl halides is 1. The molecule has 3 heteroatoms. The minimum Gasteiger partial charge on any atom is -0.298 e. The van der Waals surface area contributed by atoms with Gasteiger partial charge in [-0.15, -0.1) is 11.6 Å². The Kier molecular flexibility index (Phi) is 4.23. The molecule has 2 atom stereocenters. The number of hydrogen-bond acceptors (Lipinski definition) is 2. The van der Waals surface area contributed by atoms with E-state index >= 15 is 0 Å². The van der Waals surface area contributed by atoms with Crippen molar-refractivity contribution < 1.29 is 0 Å². The van der Waals surface area contributed by atoms with Crippen molar-refractivity contribution in [2.24, 2.45) is 0 Å². The Labute approximate surface area is 125 Å². The third-order valence-corrected chi connectivity index (χ3v) is 4.86. The molecule has 0 spiro atoms. The molecule has 106 valence electrons. The van der Waals surface area contributed by atoms with Crippen molar-refractivity contribution in [1.29, 1.82) is 0 Å². The third kappa shape index (κ3) is 2.82. The molecule has 1 aromatic heterocycles. The molecule has 3 rings (SSSR count). The minimum atomic E-state index is 0.289. The molecule has 1 aliphatic carbocycles. The van der Waals surface area contributed by atoms with Gasteiger partial charge in [0, 0.05) is 29.5 Å². The van der Waals surface area contributed by atoms with Crippen LogP contribution in [-0.4, -0.2) is 28.4 Å². The molecule has 2 unspecified atom stereocenters. The molecule has 0 radical (unpaired) electrons. The van der Waals surface area contributed by atoms with E-state index in [0.717, 1.165) is 18.5 Å². The monoisotopic (exact) mass is 288 g/mol. The van der Waals surface area contributed by atoms with Crippen LogP contribution in [0.5, 0.6) is 0 Å². The van der Waals surface area contributed by atoms with Crippen LogP contribution < -0.4 is 0 Å². The van der Waals surface area contributed by atoms with Gasteiger partial charge in [-0.25, -0.2) is 0 Å². The Hall–Kier alpha value is -1.12. The first-order chi connectivity index (χ1) is 9.75. The average Bonchev–Trinajstić information content (AvgIpc) is 2.48. The number of benzene rings is 1. The fourth-order valence-corrected chi connectivity index (χ4v) is 3.72. The number of para-hydroxylation sites is 1. The van der Waals surface area contributed by atoms with Gasteiger partial charge in [-0.2, -0.15) is 0 Å². The Balaban J connectivity index is 1.82. The van der Waals surface area contributed by atoms with E-state index in [0.29, 0.717) is 6.04 Å². The van der Waals surface area contributed by atoms with Gasteiger partial charge in [-0.1, -0.05) is 37.1 Å². The van der Waals surface area contributed by atoms with Crippen LogP contribution in [0, 0.1) is 0 Å². The SMILES string of the molecule is CN(Cc1cccc2cccnc12)C1CCCCC1Cl. The highest BCUT2D eigenvalue weighted by molar-refractivity contribution is 6.21. The van der Waals surface area contributed by atoms with Crippen molar-refractivity contribution in [1.82, 2.24) is 9.88 Å². The van der Waals surface area contributed by atoms with E-state index in [2.05, 4.69) is 41.2 Å². The van der Waals surface area contributed by atoms with Gasteiger partial charge in [-0.05, 0) is 31.5 Å². The first kappa shape index (κ1) is 13.8. The number of fused-ring (bicyclic) bond motifs is 1. The van der Waals surface area contributed by atoms with E-state index in [-0.39, 0.29) is 5.38 Å². The summed E-state index contributed by atoms with van der Waals surface area (Å²) in [5.74, 6) is 0. The Bertz CT molecular complexity index is 579. The lowest BCUT2D eigenvalue weighted by Crippen LogP contribution is -2.40. The van der Waals surface area contributed by atoms with Crippen molar-refractivity contribution in [3.8, 4) is 0 Å². The molecule has 0 aliphatic heterocycles. The number of halogens is 1. The quantitative estimate of drug-likeness (QED) is 0.786. The van der Waals surface area contributed by atoms with Crippen molar-refractivity contribution in [2.45, 2.75) is 43.6 Å². The van der Waals surface area contributed by atoms with Crippen LogP contribution in [0.1, 0.15) is 31.2 Å². The first-order valence-electron chi connectivity index (χ1n) is 7.42. The predicted molar refractivity (Wildman–Crippen MR) is 85.1 cm³/mol. The number of pyridine rings is 1. The van der Waals surface area contributed by atoms with Crippen LogP contribution in [0.2, 0.25) is 0 Å². The van der Waals surface area contributed by atoms with Crippen molar-refractivity contribution in [2.75, 3.05) is 7.05 Å². The molecule has 0 amide bonds. The molecule has 20 heavy (non-hydrogen) atoms. The summed E-state index contributed by atoms with van der Waals surface area (Å²) in [5, 5.41) is 1.50. The van der Waals surface area contributed by atoms with Gasteiger partial charge in [0.2, 0.25) is 0 Å². The van der Waals surface area contributed by atoms with E-state index in [9.17, 15) is 0 Å². The summed E-state index contributed by atoms with van der Waals surface area (Å²) in [6.45, 7) is 0.919. The summed E-state index contributed by atoms with van der Waals surface area (Å²) in [4.78, 5) is 6.94. The lowest BCUT2D eigenvalue weighted by Gasteiger charge is -2.35. The molecule has 2 aromatic rings. The van der Waals surface area contributed by atoms with E-state index < -0.39 is 0 Å². The zero-order valence-corrected chi connectivity index (χ0v) is 12.7. The predicted octanol–water partition coefficient (Wildman–Crippen LogP) is 4.22. The van der Waals surface area contributed by atoms with Gasteiger partial charge >= 0.3 is 0 Å². The summed E-state index contributed by atoms with van der Waals surface area (Å²) < 4.78 is 0. The smallest absolute Gasteiger partial charge is 0.0746 e. The Morgan fingerprint density at radius 1 is 1.20 bits per heavy atom. The van der Waals surface area contributed by atoms with Crippen molar-refractivity contribution in [3.63, 3.8) is 0 Å². The molecular weight excluding hydrogens is 268 g/mol. The number of nitrogens with zero attached hydrogens (tertiary/aromatic N) is 2. The molecule has 1 heterocycles. The van der Waals surface area contributed by atoms with Gasteiger partial charge in [0.05, 0.1) is 5.52 Å². The maximum Gasteiger partial charge on any atom is 0.0746 e. The number of aromatic nitrogens is 1. The molecule has 1 fully saturated rings. The highest BCUT2D eigenvalue weighted by Gasteiger charge is 2.26. The molecule has 1 aliphatic rings. The summed E-state index contributed by atoms with van der Waals surface area (Å²) >= 11 is 6.50. The summed E-state index contributed by atoms with van der Waals surface area (Å²) in [7, 11) is 2.19. The van der Waals surface area contributed by atoms with Gasteiger partial charge in [-0.3, -0.25) is 9.88 Å². The number of rotatable bonds is 3. The molecule has 1 saturated carbocycles. The first-order valence-corrected chi connectivity index (χ1v) is 7.86. The van der Waals surface area contributed by atoms with Crippen LogP contribution in [0.4, 0.5) is 0 Å². The van der Waals surface area contributed by atoms with Crippen LogP contribution in [0.15, 0.2) is 36.5 Å². The summed E-state index contributed by atoms with van der Waals surface area (Å²) in [5.41, 5.74) is 2.41. The van der Waals surface area contributed by atoms with Crippen molar-refractivity contribution >= 4 is 22.5 Å². The second-order valence-corrected chi connectivity index (χ2v) is 6.34. The lowest BCUT2D eigenvalue weighted by atomic mass is 9.93. The minimum absolute atomic E-state index is 0.289. The molecule has 0 N–H and O–H groups in total. The van der Waals surface area contributed by atoms with Crippen molar-refractivity contribution in [3.05, 3.63) is 42.1 Å². The van der Waals surface area contributed by atoms with Gasteiger partial charge in [0.1, 0.15) is 0 Å². The number of hydrogen-bond donors (Lipinski definition) is 0. The molecule has 1 aromatic carbocycles. The van der Waals surface area contributed by atoms with Gasteiger partial charge in [0.15, 0.2) is 0 Å². The van der Waals surface area contributed by atoms with E-state index in [1.807, 2.05) is 12.3 Å². The fraction of sp³-hybridized carbons (Fsp3) is 0.471. The van der Waals surface area contributed by atoms with E-state index in [4.69, 9.17) is 11.6 Å². The van der Waals surface area contributed by atoms with Gasteiger partial charge in [0.25, 0.3) is 0 Å². The molecule has 0 saturated heterocycles. The maximum atomic E-state index is 6.50. The van der Waals surface area contributed by atoms with E-state index in [1.54, 1.807) is 0 Å². The summed E-state index contributed by atoms with van der Waals surface area (Å²) in [6, 6.07) is 11.0. The van der Waals surface area contributed by atoms with Crippen LogP contribution in [0.25, 0.3) is 10.9 Å². The highest BCUT2D eigenvalue weighted by Crippen LogP contribution is 2.28. The Morgan fingerprint density at radius 2 is 2.00 bits per heavy atom. The largest absolute Gasteiger partial charge is 0.298 e. The third-order valence-electron chi connectivity index (χ3n) is 4.35. The second kappa shape index (κ2) is 6.11. The molecule has 0 bridgehead atoms. The summed E-state index contributed by atoms with van der Waals surface area (Å²) in [6.07, 6.45) is 6.80. The average molecular weight is 289 g/mol. The Morgan fingerprint density at radius 3 is 2.85 bits per heavy atom. The van der Waals surface area contributed by atoms with Crippen LogP contribution in [-0.2, 0) is 6.54 Å². The standard InChI is InChI=1S/C17H21ClN2/c1-20(16-10-3-2-9-15(16)18)12-14-7-4-6-13-8-5-11-19-17(13)14/h4-8,11,15-16H,2-3,9-10,12H2,1H3. The van der Waals surface area contributed by atoms with Crippen LogP contribution >= 0.6 is 11.6 Å².